The molecule has 0 spiro atoms. The van der Waals surface area contributed by atoms with E-state index >= 15 is 0 Å². The topological polar surface area (TPSA) is 52.6 Å². The van der Waals surface area contributed by atoms with Gasteiger partial charge in [0, 0.05) is 5.92 Å². The third-order valence-corrected chi connectivity index (χ3v) is 2.43. The fraction of sp³-hybridized carbons (Fsp3) is 0.714. The second-order valence-electron chi connectivity index (χ2n) is 2.96. The molecule has 0 amide bonds. The summed E-state index contributed by atoms with van der Waals surface area (Å²) in [6, 6.07) is 0. The molecule has 1 saturated carbocycles. The quantitative estimate of drug-likeness (QED) is 0.387. The van der Waals surface area contributed by atoms with Crippen LogP contribution >= 0.6 is 0 Å². The molecule has 2 atom stereocenters. The van der Waals surface area contributed by atoms with Crippen molar-refractivity contribution in [2.24, 2.45) is 11.3 Å². The van der Waals surface area contributed by atoms with E-state index in [2.05, 4.69) is 4.74 Å². The van der Waals surface area contributed by atoms with Crippen LogP contribution in [0.5, 0.6) is 0 Å². The van der Waals surface area contributed by atoms with E-state index in [0.717, 1.165) is 0 Å². The van der Waals surface area contributed by atoms with Gasteiger partial charge in [0.25, 0.3) is 0 Å². The van der Waals surface area contributed by atoms with Crippen molar-refractivity contribution in [1.82, 2.24) is 0 Å². The Hall–Kier alpha value is -1.06. The Labute approximate surface area is 63.5 Å². The molecule has 60 valence electrons. The number of fused-ring (bicyclic) bond motifs is 1. The summed E-state index contributed by atoms with van der Waals surface area (Å²) in [5.74, 6) is -0.762. The van der Waals surface area contributed by atoms with Crippen molar-refractivity contribution < 1.29 is 19.1 Å². The van der Waals surface area contributed by atoms with E-state index in [1.807, 2.05) is 0 Å². The van der Waals surface area contributed by atoms with Gasteiger partial charge >= 0.3 is 11.9 Å². The number of carbonyl (C=O) groups excluding carboxylic acids is 2. The molecule has 2 aliphatic rings. The number of methoxy groups -OCH3 is 1. The van der Waals surface area contributed by atoms with Crippen LogP contribution in [0.15, 0.2) is 0 Å². The lowest BCUT2D eigenvalue weighted by atomic mass is 10.1. The minimum absolute atomic E-state index is 0.0856. The third kappa shape index (κ3) is 0.593. The highest BCUT2D eigenvalue weighted by atomic mass is 16.6. The van der Waals surface area contributed by atoms with Gasteiger partial charge in [-0.15, -0.1) is 0 Å². The van der Waals surface area contributed by atoms with Crippen LogP contribution in [0, 0.1) is 11.3 Å². The maximum atomic E-state index is 11.1. The lowest BCUT2D eigenvalue weighted by molar-refractivity contribution is -0.158. The summed E-state index contributed by atoms with van der Waals surface area (Å²) < 4.78 is 9.21. The Morgan fingerprint density at radius 2 is 2.55 bits per heavy atom. The van der Waals surface area contributed by atoms with Crippen molar-refractivity contribution >= 4 is 11.9 Å². The molecular weight excluding hydrogens is 148 g/mol. The lowest BCUT2D eigenvalue weighted by Crippen LogP contribution is -2.25. The van der Waals surface area contributed by atoms with Crippen molar-refractivity contribution in [3.63, 3.8) is 0 Å². The molecule has 0 aromatic rings. The summed E-state index contributed by atoms with van der Waals surface area (Å²) in [4.78, 5) is 22.1. The maximum absolute atomic E-state index is 11.1. The van der Waals surface area contributed by atoms with Crippen LogP contribution in [-0.2, 0) is 19.1 Å². The first-order valence-corrected chi connectivity index (χ1v) is 3.47. The fourth-order valence-corrected chi connectivity index (χ4v) is 1.60. The SMILES string of the molecule is COC(=O)C12CC1COC2=O. The normalized spacial score (nSPS) is 39.4. The molecule has 0 N–H and O–H groups in total. The highest BCUT2D eigenvalue weighted by Gasteiger charge is 2.72. The minimum atomic E-state index is -0.894. The first kappa shape index (κ1) is 6.64. The summed E-state index contributed by atoms with van der Waals surface area (Å²) in [6.07, 6.45) is 0.610. The molecule has 2 unspecified atom stereocenters. The molecule has 1 aliphatic heterocycles. The molecule has 11 heavy (non-hydrogen) atoms. The number of cyclic esters (lactones) is 1. The zero-order valence-electron chi connectivity index (χ0n) is 6.12. The zero-order valence-corrected chi connectivity index (χ0v) is 6.12. The van der Waals surface area contributed by atoms with E-state index in [9.17, 15) is 9.59 Å². The van der Waals surface area contributed by atoms with Crippen LogP contribution < -0.4 is 0 Å². The second kappa shape index (κ2) is 1.75. The van der Waals surface area contributed by atoms with Crippen LogP contribution in [-0.4, -0.2) is 25.7 Å². The maximum Gasteiger partial charge on any atom is 0.323 e. The van der Waals surface area contributed by atoms with Gasteiger partial charge in [-0.1, -0.05) is 0 Å². The largest absolute Gasteiger partial charge is 0.468 e. The Morgan fingerprint density at radius 3 is 2.91 bits per heavy atom. The summed E-state index contributed by atoms with van der Waals surface area (Å²) in [5.41, 5.74) is -0.894. The van der Waals surface area contributed by atoms with Crippen molar-refractivity contribution in [1.29, 1.82) is 0 Å². The second-order valence-corrected chi connectivity index (χ2v) is 2.96. The molecule has 2 rings (SSSR count). The summed E-state index contributed by atoms with van der Waals surface area (Å²) >= 11 is 0. The molecule has 0 bridgehead atoms. The van der Waals surface area contributed by atoms with Crippen molar-refractivity contribution in [2.45, 2.75) is 6.42 Å². The third-order valence-electron chi connectivity index (χ3n) is 2.43. The average molecular weight is 156 g/mol. The van der Waals surface area contributed by atoms with Gasteiger partial charge in [-0.05, 0) is 6.42 Å². The summed E-state index contributed by atoms with van der Waals surface area (Å²) in [5, 5.41) is 0. The minimum Gasteiger partial charge on any atom is -0.468 e. The van der Waals surface area contributed by atoms with Gasteiger partial charge in [0.15, 0.2) is 5.41 Å². The average Bonchev–Trinajstić information content (AvgIpc) is 2.68. The predicted molar refractivity (Wildman–Crippen MR) is 33.5 cm³/mol. The van der Waals surface area contributed by atoms with Gasteiger partial charge in [0.2, 0.25) is 0 Å². The number of hydrogen-bond donors (Lipinski definition) is 0. The van der Waals surface area contributed by atoms with E-state index in [1.165, 1.54) is 7.11 Å². The molecule has 1 aliphatic carbocycles. The highest BCUT2D eigenvalue weighted by molar-refractivity contribution is 6.05. The molecule has 4 nitrogen and oxygen atoms in total. The number of ether oxygens (including phenoxy) is 2. The van der Waals surface area contributed by atoms with E-state index < -0.39 is 17.4 Å². The summed E-state index contributed by atoms with van der Waals surface area (Å²) in [7, 11) is 1.29. The van der Waals surface area contributed by atoms with Crippen LogP contribution in [0.1, 0.15) is 6.42 Å². The standard InChI is InChI=1S/C7H8O4/c1-10-5(8)7-2-4(7)3-11-6(7)9/h4H,2-3H2,1H3. The van der Waals surface area contributed by atoms with Crippen LogP contribution in [0.3, 0.4) is 0 Å². The van der Waals surface area contributed by atoms with Crippen molar-refractivity contribution in [3.05, 3.63) is 0 Å². The van der Waals surface area contributed by atoms with Gasteiger partial charge in [-0.2, -0.15) is 0 Å². The Kier molecular flexibility index (Phi) is 1.06. The van der Waals surface area contributed by atoms with E-state index in [4.69, 9.17) is 4.74 Å². The van der Waals surface area contributed by atoms with Gasteiger partial charge < -0.3 is 9.47 Å². The van der Waals surface area contributed by atoms with Gasteiger partial charge in [0.05, 0.1) is 13.7 Å². The van der Waals surface area contributed by atoms with Gasteiger partial charge in [0.1, 0.15) is 0 Å². The fourth-order valence-electron chi connectivity index (χ4n) is 1.60. The lowest BCUT2D eigenvalue weighted by Gasteiger charge is -2.04. The zero-order chi connectivity index (χ0) is 8.06. The molecule has 0 aromatic heterocycles. The Morgan fingerprint density at radius 1 is 1.82 bits per heavy atom. The molecule has 0 aromatic carbocycles. The van der Waals surface area contributed by atoms with Crippen molar-refractivity contribution in [3.8, 4) is 0 Å². The number of esters is 2. The van der Waals surface area contributed by atoms with E-state index in [1.54, 1.807) is 0 Å². The Balaban J connectivity index is 2.24. The molecular formula is C7H8O4. The molecule has 4 heteroatoms. The first-order chi connectivity index (χ1) is 5.21. The molecule has 1 saturated heterocycles. The van der Waals surface area contributed by atoms with Crippen LogP contribution in [0.4, 0.5) is 0 Å². The van der Waals surface area contributed by atoms with Crippen LogP contribution in [0.2, 0.25) is 0 Å². The van der Waals surface area contributed by atoms with E-state index in [-0.39, 0.29) is 5.92 Å². The number of carbonyl (C=O) groups is 2. The highest BCUT2D eigenvalue weighted by Crippen LogP contribution is 2.58. The molecule has 2 fully saturated rings. The number of hydrogen-bond acceptors (Lipinski definition) is 4. The molecule has 0 radical (unpaired) electrons. The molecule has 1 heterocycles. The van der Waals surface area contributed by atoms with Crippen LogP contribution in [0.25, 0.3) is 0 Å². The predicted octanol–water partition coefficient (Wildman–Crippen LogP) is -0.278. The number of rotatable bonds is 1. The van der Waals surface area contributed by atoms with Gasteiger partial charge in [-0.25, -0.2) is 0 Å². The Bertz CT molecular complexity index is 235. The van der Waals surface area contributed by atoms with Gasteiger partial charge in [-0.3, -0.25) is 9.59 Å². The monoisotopic (exact) mass is 156 g/mol. The summed E-state index contributed by atoms with van der Waals surface area (Å²) in [6.45, 7) is 0.383. The van der Waals surface area contributed by atoms with E-state index in [0.29, 0.717) is 13.0 Å². The van der Waals surface area contributed by atoms with Crippen molar-refractivity contribution in [2.75, 3.05) is 13.7 Å². The smallest absolute Gasteiger partial charge is 0.323 e. The first-order valence-electron chi connectivity index (χ1n) is 3.47.